The molecular formula is C25H25ClN4O2. The summed E-state index contributed by atoms with van der Waals surface area (Å²) in [7, 11) is 0. The number of benzene rings is 3. The zero-order valence-corrected chi connectivity index (χ0v) is 18.7. The highest BCUT2D eigenvalue weighted by Gasteiger charge is 2.33. The van der Waals surface area contributed by atoms with E-state index in [1.807, 2.05) is 43.0 Å². The van der Waals surface area contributed by atoms with Crippen LogP contribution < -0.4 is 16.0 Å². The molecule has 1 heterocycles. The van der Waals surface area contributed by atoms with Crippen molar-refractivity contribution in [1.82, 2.24) is 5.32 Å². The topological polar surface area (TPSA) is 90.9 Å². The third-order valence-electron chi connectivity index (χ3n) is 5.36. The fourth-order valence-corrected chi connectivity index (χ4v) is 4.29. The van der Waals surface area contributed by atoms with Crippen LogP contribution in [0, 0.1) is 13.8 Å². The van der Waals surface area contributed by atoms with E-state index in [0.717, 1.165) is 33.5 Å². The van der Waals surface area contributed by atoms with E-state index in [9.17, 15) is 9.90 Å². The molecule has 0 saturated carbocycles. The number of fused-ring (bicyclic) bond motifs is 1. The van der Waals surface area contributed by atoms with Crippen molar-refractivity contribution in [2.24, 2.45) is 10.7 Å². The van der Waals surface area contributed by atoms with Crippen LogP contribution in [-0.2, 0) is 4.79 Å². The van der Waals surface area contributed by atoms with Gasteiger partial charge < -0.3 is 21.1 Å². The van der Waals surface area contributed by atoms with Crippen LogP contribution >= 0.6 is 11.6 Å². The first kappa shape index (κ1) is 21.9. The lowest BCUT2D eigenvalue weighted by atomic mass is 9.94. The molecule has 164 valence electrons. The van der Waals surface area contributed by atoms with Crippen molar-refractivity contribution in [2.45, 2.75) is 19.9 Å². The number of carbonyl (C=O) groups is 1. The predicted molar refractivity (Wildman–Crippen MR) is 130 cm³/mol. The van der Waals surface area contributed by atoms with Gasteiger partial charge in [-0.3, -0.25) is 4.79 Å². The first-order valence-electron chi connectivity index (χ1n) is 10.4. The summed E-state index contributed by atoms with van der Waals surface area (Å²) >= 11 is 6.57. The molecule has 3 aromatic carbocycles. The lowest BCUT2D eigenvalue weighted by Gasteiger charge is -2.34. The first-order chi connectivity index (χ1) is 15.4. The number of carbonyl (C=O) groups excluding carboxylic acids is 1. The van der Waals surface area contributed by atoms with Gasteiger partial charge in [0, 0.05) is 29.9 Å². The minimum absolute atomic E-state index is 0.142. The largest absolute Gasteiger partial charge is 0.508 e. The van der Waals surface area contributed by atoms with Crippen molar-refractivity contribution in [3.8, 4) is 16.9 Å². The number of nitrogens with one attached hydrogen (secondary N) is 1. The number of hydrogen-bond donors (Lipinski definition) is 3. The Morgan fingerprint density at radius 3 is 2.59 bits per heavy atom. The number of phenolic OH excluding ortho intramolecular Hbond substituents is 1. The Hall–Kier alpha value is -3.35. The van der Waals surface area contributed by atoms with Crippen molar-refractivity contribution in [2.75, 3.05) is 18.0 Å². The van der Waals surface area contributed by atoms with Crippen LogP contribution in [0.2, 0.25) is 5.02 Å². The Labute approximate surface area is 192 Å². The Kier molecular flexibility index (Phi) is 6.17. The molecule has 0 aliphatic carbocycles. The monoisotopic (exact) mass is 448 g/mol. The first-order valence-corrected chi connectivity index (χ1v) is 10.8. The number of aliphatic imine (C=N–C) groups is 1. The van der Waals surface area contributed by atoms with Crippen LogP contribution in [-0.4, -0.2) is 30.4 Å². The molecule has 0 fully saturated rings. The molecule has 0 saturated heterocycles. The second kappa shape index (κ2) is 9.02. The third kappa shape index (κ3) is 4.33. The predicted octanol–water partition coefficient (Wildman–Crippen LogP) is 4.63. The minimum Gasteiger partial charge on any atom is -0.508 e. The molecular weight excluding hydrogens is 424 g/mol. The Morgan fingerprint density at radius 2 is 1.91 bits per heavy atom. The molecule has 0 spiro atoms. The fraction of sp³-hybridized carbons (Fsp3) is 0.200. The number of hydrogen-bond acceptors (Lipinski definition) is 5. The van der Waals surface area contributed by atoms with Crippen LogP contribution in [0.1, 0.15) is 22.7 Å². The number of aryl methyl sites for hydroxylation is 2. The Balaban J connectivity index is 1.87. The van der Waals surface area contributed by atoms with Crippen molar-refractivity contribution in [3.05, 3.63) is 76.3 Å². The van der Waals surface area contributed by atoms with Crippen LogP contribution in [0.5, 0.6) is 5.75 Å². The van der Waals surface area contributed by atoms with Gasteiger partial charge in [0.25, 0.3) is 0 Å². The van der Waals surface area contributed by atoms with Gasteiger partial charge in [0.15, 0.2) is 0 Å². The maximum absolute atomic E-state index is 13.3. The molecule has 1 aliphatic heterocycles. The SMILES string of the molecule is Cc1cc(C)cc(N2C=Nc3cc(Cl)c(-c4cccc(O)c4)cc3C2C(=O)NCCN)c1. The number of rotatable bonds is 5. The van der Waals surface area contributed by atoms with Gasteiger partial charge in [-0.2, -0.15) is 0 Å². The number of phenols is 1. The van der Waals surface area contributed by atoms with Gasteiger partial charge in [0.2, 0.25) is 5.91 Å². The normalized spacial score (nSPS) is 14.9. The summed E-state index contributed by atoms with van der Waals surface area (Å²) in [4.78, 5) is 19.8. The van der Waals surface area contributed by atoms with Crippen molar-refractivity contribution in [3.63, 3.8) is 0 Å². The number of amides is 1. The van der Waals surface area contributed by atoms with Crippen LogP contribution in [0.15, 0.2) is 59.6 Å². The van der Waals surface area contributed by atoms with E-state index >= 15 is 0 Å². The molecule has 32 heavy (non-hydrogen) atoms. The van der Waals surface area contributed by atoms with Gasteiger partial charge >= 0.3 is 0 Å². The van der Waals surface area contributed by atoms with E-state index in [2.05, 4.69) is 16.4 Å². The van der Waals surface area contributed by atoms with Crippen molar-refractivity contribution < 1.29 is 9.90 Å². The van der Waals surface area contributed by atoms with Gasteiger partial charge in [0.05, 0.1) is 17.0 Å². The van der Waals surface area contributed by atoms with Crippen molar-refractivity contribution in [1.29, 1.82) is 0 Å². The molecule has 1 unspecified atom stereocenters. The standard InChI is InChI=1S/C25H25ClN4O2/c1-15-8-16(2)10-18(9-15)30-14-29-23-13-22(26)20(17-4-3-5-19(31)11-17)12-21(23)24(30)25(32)28-7-6-27/h3-5,8-14,24,31H,6-7,27H2,1-2H3,(H,28,32). The summed E-state index contributed by atoms with van der Waals surface area (Å²) in [6.07, 6.45) is 1.67. The summed E-state index contributed by atoms with van der Waals surface area (Å²) in [5.41, 5.74) is 11.5. The molecule has 6 nitrogen and oxygen atoms in total. The second-order valence-corrected chi connectivity index (χ2v) is 8.33. The van der Waals surface area contributed by atoms with Gasteiger partial charge in [-0.25, -0.2) is 4.99 Å². The number of nitrogens with zero attached hydrogens (tertiary/aromatic N) is 2. The third-order valence-corrected chi connectivity index (χ3v) is 5.68. The molecule has 0 radical (unpaired) electrons. The van der Waals surface area contributed by atoms with E-state index in [1.54, 1.807) is 30.6 Å². The van der Waals surface area contributed by atoms with Gasteiger partial charge in [0.1, 0.15) is 11.8 Å². The van der Waals surface area contributed by atoms with Crippen molar-refractivity contribution >= 4 is 35.2 Å². The molecule has 7 heteroatoms. The minimum atomic E-state index is -0.649. The van der Waals surface area contributed by atoms with Crippen LogP contribution in [0.4, 0.5) is 11.4 Å². The van der Waals surface area contributed by atoms with Gasteiger partial charge in [-0.15, -0.1) is 0 Å². The van der Waals surface area contributed by atoms with E-state index in [-0.39, 0.29) is 11.7 Å². The van der Waals surface area contributed by atoms with Crippen LogP contribution in [0.25, 0.3) is 11.1 Å². The van der Waals surface area contributed by atoms with E-state index < -0.39 is 6.04 Å². The quantitative estimate of drug-likeness (QED) is 0.531. The second-order valence-electron chi connectivity index (χ2n) is 7.92. The number of aromatic hydroxyl groups is 1. The number of nitrogens with two attached hydrogens (primary N) is 1. The summed E-state index contributed by atoms with van der Waals surface area (Å²) in [6.45, 7) is 4.76. The van der Waals surface area contributed by atoms with Crippen LogP contribution in [0.3, 0.4) is 0 Å². The lowest BCUT2D eigenvalue weighted by Crippen LogP contribution is -2.43. The average molecular weight is 449 g/mol. The number of anilines is 1. The molecule has 1 amide bonds. The maximum atomic E-state index is 13.3. The molecule has 4 N–H and O–H groups in total. The zero-order valence-electron chi connectivity index (χ0n) is 18.0. The molecule has 0 bridgehead atoms. The Morgan fingerprint density at radius 1 is 1.16 bits per heavy atom. The van der Waals surface area contributed by atoms with E-state index in [4.69, 9.17) is 17.3 Å². The number of halogens is 1. The molecule has 1 atom stereocenters. The van der Waals surface area contributed by atoms with E-state index in [1.165, 1.54) is 0 Å². The average Bonchev–Trinajstić information content (AvgIpc) is 2.75. The zero-order chi connectivity index (χ0) is 22.8. The molecule has 3 aromatic rings. The summed E-state index contributed by atoms with van der Waals surface area (Å²) in [5.74, 6) is -0.0328. The molecule has 1 aliphatic rings. The fourth-order valence-electron chi connectivity index (χ4n) is 4.02. The highest BCUT2D eigenvalue weighted by molar-refractivity contribution is 6.33. The summed E-state index contributed by atoms with van der Waals surface area (Å²) in [5, 5.41) is 13.3. The highest BCUT2D eigenvalue weighted by Crippen LogP contribution is 2.42. The Bertz CT molecular complexity index is 1190. The lowest BCUT2D eigenvalue weighted by molar-refractivity contribution is -0.122. The van der Waals surface area contributed by atoms with E-state index in [0.29, 0.717) is 23.8 Å². The molecule has 0 aromatic heterocycles. The molecule has 4 rings (SSSR count). The smallest absolute Gasteiger partial charge is 0.247 e. The maximum Gasteiger partial charge on any atom is 0.247 e. The highest BCUT2D eigenvalue weighted by atomic mass is 35.5. The van der Waals surface area contributed by atoms with Gasteiger partial charge in [-0.05, 0) is 66.9 Å². The summed E-state index contributed by atoms with van der Waals surface area (Å²) < 4.78 is 0. The summed E-state index contributed by atoms with van der Waals surface area (Å²) in [6, 6.07) is 16.0. The van der Waals surface area contributed by atoms with Gasteiger partial charge in [-0.1, -0.05) is 29.8 Å².